The molecular formula is C18H16FN3O2. The van der Waals surface area contributed by atoms with Gasteiger partial charge in [0.05, 0.1) is 6.54 Å². The van der Waals surface area contributed by atoms with E-state index in [0.717, 1.165) is 6.42 Å². The highest BCUT2D eigenvalue weighted by Crippen LogP contribution is 2.06. The Kier molecular flexibility index (Phi) is 4.96. The van der Waals surface area contributed by atoms with E-state index in [1.807, 2.05) is 30.3 Å². The lowest BCUT2D eigenvalue weighted by atomic mass is 10.1. The van der Waals surface area contributed by atoms with Gasteiger partial charge in [0.25, 0.3) is 5.91 Å². The van der Waals surface area contributed by atoms with E-state index in [9.17, 15) is 9.18 Å². The van der Waals surface area contributed by atoms with Crippen LogP contribution in [0.15, 0.2) is 59.1 Å². The molecule has 0 aliphatic heterocycles. The summed E-state index contributed by atoms with van der Waals surface area (Å²) in [4.78, 5) is 16.2. The molecule has 0 unspecified atom stereocenters. The largest absolute Gasteiger partial charge is 0.345 e. The minimum atomic E-state index is -0.382. The molecule has 122 valence electrons. The van der Waals surface area contributed by atoms with Gasteiger partial charge in [-0.1, -0.05) is 35.5 Å². The van der Waals surface area contributed by atoms with E-state index >= 15 is 0 Å². The lowest BCUT2D eigenvalue weighted by Crippen LogP contribution is -2.23. The van der Waals surface area contributed by atoms with Crippen LogP contribution in [0.5, 0.6) is 0 Å². The molecule has 1 aromatic heterocycles. The Morgan fingerprint density at radius 2 is 1.79 bits per heavy atom. The number of carbonyl (C=O) groups is 1. The first-order valence-corrected chi connectivity index (χ1v) is 7.60. The van der Waals surface area contributed by atoms with Gasteiger partial charge in [-0.3, -0.25) is 4.79 Å². The Balaban J connectivity index is 1.50. The van der Waals surface area contributed by atoms with Gasteiger partial charge in [-0.2, -0.15) is 4.98 Å². The molecule has 1 heterocycles. The molecule has 0 saturated heterocycles. The third-order valence-corrected chi connectivity index (χ3v) is 3.49. The second-order valence-electron chi connectivity index (χ2n) is 5.28. The van der Waals surface area contributed by atoms with Crippen LogP contribution in [0.4, 0.5) is 4.39 Å². The zero-order chi connectivity index (χ0) is 16.8. The summed E-state index contributed by atoms with van der Waals surface area (Å²) in [5.41, 5.74) is 1.58. The van der Waals surface area contributed by atoms with Gasteiger partial charge in [-0.15, -0.1) is 0 Å². The minimum absolute atomic E-state index is 0.158. The standard InChI is InChI=1S/C18H16FN3O2/c19-15-9-7-14(8-10-15)18(23)20-12-16-21-17(24-22-16)11-6-13-4-2-1-3-5-13/h1-5,7-10H,6,11-12H2,(H,20,23). The summed E-state index contributed by atoms with van der Waals surface area (Å²) < 4.78 is 18.0. The van der Waals surface area contributed by atoms with Crippen molar-refractivity contribution < 1.29 is 13.7 Å². The highest BCUT2D eigenvalue weighted by Gasteiger charge is 2.10. The van der Waals surface area contributed by atoms with Crippen LogP contribution in [-0.4, -0.2) is 16.0 Å². The smallest absolute Gasteiger partial charge is 0.251 e. The van der Waals surface area contributed by atoms with Crippen molar-refractivity contribution in [1.82, 2.24) is 15.5 Å². The quantitative estimate of drug-likeness (QED) is 0.756. The lowest BCUT2D eigenvalue weighted by Gasteiger charge is -2.01. The molecule has 0 spiro atoms. The molecule has 0 aliphatic carbocycles. The van der Waals surface area contributed by atoms with Crippen LogP contribution < -0.4 is 5.32 Å². The third-order valence-electron chi connectivity index (χ3n) is 3.49. The first-order chi connectivity index (χ1) is 11.7. The number of aryl methyl sites for hydroxylation is 2. The molecule has 0 fully saturated rings. The topological polar surface area (TPSA) is 68.0 Å². The summed E-state index contributed by atoms with van der Waals surface area (Å²) in [6, 6.07) is 15.4. The van der Waals surface area contributed by atoms with Gasteiger partial charge in [0.1, 0.15) is 5.82 Å². The van der Waals surface area contributed by atoms with E-state index in [4.69, 9.17) is 4.52 Å². The molecule has 0 bridgehead atoms. The fourth-order valence-electron chi connectivity index (χ4n) is 2.22. The second kappa shape index (κ2) is 7.50. The molecule has 3 aromatic rings. The van der Waals surface area contributed by atoms with E-state index in [2.05, 4.69) is 15.5 Å². The van der Waals surface area contributed by atoms with E-state index in [1.165, 1.54) is 29.8 Å². The number of halogens is 1. The molecule has 1 N–H and O–H groups in total. The van der Waals surface area contributed by atoms with Gasteiger partial charge in [0, 0.05) is 12.0 Å². The summed E-state index contributed by atoms with van der Waals surface area (Å²) in [6.45, 7) is 0.158. The van der Waals surface area contributed by atoms with Gasteiger partial charge in [-0.05, 0) is 36.2 Å². The molecule has 0 atom stereocenters. The number of carbonyl (C=O) groups excluding carboxylic acids is 1. The fraction of sp³-hybridized carbons (Fsp3) is 0.167. The predicted molar refractivity (Wildman–Crippen MR) is 85.7 cm³/mol. The fourth-order valence-corrected chi connectivity index (χ4v) is 2.22. The number of hydrogen-bond donors (Lipinski definition) is 1. The Bertz CT molecular complexity index is 801. The average Bonchev–Trinajstić information content (AvgIpc) is 3.07. The van der Waals surface area contributed by atoms with Crippen molar-refractivity contribution in [3.63, 3.8) is 0 Å². The lowest BCUT2D eigenvalue weighted by molar-refractivity contribution is 0.0949. The first-order valence-electron chi connectivity index (χ1n) is 7.60. The maximum atomic E-state index is 12.8. The molecule has 0 radical (unpaired) electrons. The summed E-state index contributed by atoms with van der Waals surface area (Å²) in [6.07, 6.45) is 1.45. The van der Waals surface area contributed by atoms with E-state index in [0.29, 0.717) is 23.7 Å². The Morgan fingerprint density at radius 3 is 2.54 bits per heavy atom. The Hall–Kier alpha value is -3.02. The Labute approximate surface area is 138 Å². The van der Waals surface area contributed by atoms with Crippen LogP contribution in [-0.2, 0) is 19.4 Å². The highest BCUT2D eigenvalue weighted by molar-refractivity contribution is 5.94. The summed E-state index contributed by atoms with van der Waals surface area (Å²) >= 11 is 0. The summed E-state index contributed by atoms with van der Waals surface area (Å²) in [5, 5.41) is 6.52. The third kappa shape index (κ3) is 4.25. The number of rotatable bonds is 6. The molecular weight excluding hydrogens is 309 g/mol. The minimum Gasteiger partial charge on any atom is -0.345 e. The van der Waals surface area contributed by atoms with E-state index in [-0.39, 0.29) is 18.3 Å². The zero-order valence-corrected chi connectivity index (χ0v) is 12.9. The van der Waals surface area contributed by atoms with Crippen molar-refractivity contribution in [1.29, 1.82) is 0 Å². The van der Waals surface area contributed by atoms with Crippen molar-refractivity contribution >= 4 is 5.91 Å². The molecule has 0 saturated carbocycles. The van der Waals surface area contributed by atoms with Crippen molar-refractivity contribution in [3.05, 3.63) is 83.3 Å². The predicted octanol–water partition coefficient (Wildman–Crippen LogP) is 2.92. The van der Waals surface area contributed by atoms with Crippen LogP contribution in [0.25, 0.3) is 0 Å². The summed E-state index contributed by atoms with van der Waals surface area (Å²) in [7, 11) is 0. The van der Waals surface area contributed by atoms with Gasteiger partial charge in [0.15, 0.2) is 5.82 Å². The van der Waals surface area contributed by atoms with E-state index in [1.54, 1.807) is 0 Å². The molecule has 2 aromatic carbocycles. The van der Waals surface area contributed by atoms with Crippen LogP contribution in [0.3, 0.4) is 0 Å². The van der Waals surface area contributed by atoms with Gasteiger partial charge in [0.2, 0.25) is 5.89 Å². The van der Waals surface area contributed by atoms with Crippen molar-refractivity contribution in [2.24, 2.45) is 0 Å². The van der Waals surface area contributed by atoms with Crippen LogP contribution >= 0.6 is 0 Å². The number of nitrogens with zero attached hydrogens (tertiary/aromatic N) is 2. The van der Waals surface area contributed by atoms with Crippen LogP contribution in [0.2, 0.25) is 0 Å². The highest BCUT2D eigenvalue weighted by atomic mass is 19.1. The Morgan fingerprint density at radius 1 is 1.04 bits per heavy atom. The summed E-state index contributed by atoms with van der Waals surface area (Å²) in [5.74, 6) is 0.247. The normalized spacial score (nSPS) is 10.5. The molecule has 1 amide bonds. The van der Waals surface area contributed by atoms with Gasteiger partial charge >= 0.3 is 0 Å². The van der Waals surface area contributed by atoms with Gasteiger partial charge < -0.3 is 9.84 Å². The van der Waals surface area contributed by atoms with Crippen molar-refractivity contribution in [2.75, 3.05) is 0 Å². The van der Waals surface area contributed by atoms with Gasteiger partial charge in [-0.25, -0.2) is 4.39 Å². The second-order valence-corrected chi connectivity index (χ2v) is 5.28. The maximum absolute atomic E-state index is 12.8. The van der Waals surface area contributed by atoms with Crippen LogP contribution in [0, 0.1) is 5.82 Å². The maximum Gasteiger partial charge on any atom is 0.251 e. The number of aromatic nitrogens is 2. The molecule has 3 rings (SSSR count). The number of nitrogens with one attached hydrogen (secondary N) is 1. The SMILES string of the molecule is O=C(NCc1noc(CCc2ccccc2)n1)c1ccc(F)cc1. The van der Waals surface area contributed by atoms with E-state index < -0.39 is 0 Å². The van der Waals surface area contributed by atoms with Crippen LogP contribution in [0.1, 0.15) is 27.6 Å². The number of hydrogen-bond acceptors (Lipinski definition) is 4. The van der Waals surface area contributed by atoms with Crippen molar-refractivity contribution in [2.45, 2.75) is 19.4 Å². The first kappa shape index (κ1) is 15.9. The molecule has 6 heteroatoms. The number of amides is 1. The monoisotopic (exact) mass is 325 g/mol. The molecule has 5 nitrogen and oxygen atoms in total. The molecule has 24 heavy (non-hydrogen) atoms. The van der Waals surface area contributed by atoms with Crippen molar-refractivity contribution in [3.8, 4) is 0 Å². The average molecular weight is 325 g/mol. The number of benzene rings is 2. The molecule has 0 aliphatic rings. The zero-order valence-electron chi connectivity index (χ0n) is 12.9.